The summed E-state index contributed by atoms with van der Waals surface area (Å²) in [7, 11) is 2.99. The van der Waals surface area contributed by atoms with Crippen LogP contribution in [0.4, 0.5) is 0 Å². The topological polar surface area (TPSA) is 253 Å². The third kappa shape index (κ3) is 11.9. The van der Waals surface area contributed by atoms with Gasteiger partial charge in [-0.3, -0.25) is 19.2 Å². The van der Waals surface area contributed by atoms with Gasteiger partial charge >= 0.3 is 5.97 Å². The molecule has 1 saturated carbocycles. The number of Topliss-reactive ketones (excluding diaryl/α,β-unsaturated/α-hetero) is 3. The Morgan fingerprint density at radius 1 is 0.857 bits per heavy atom. The van der Waals surface area contributed by atoms with Crippen molar-refractivity contribution in [3.05, 3.63) is 11.6 Å². The molecular weight excluding hydrogens is 911 g/mol. The van der Waals surface area contributed by atoms with Crippen LogP contribution in [0.15, 0.2) is 11.6 Å². The van der Waals surface area contributed by atoms with Crippen molar-refractivity contribution in [2.45, 2.75) is 216 Å². The number of methoxy groups -OCH3 is 2. The van der Waals surface area contributed by atoms with Crippen molar-refractivity contribution < 1.29 is 82.3 Å². The maximum atomic E-state index is 14.5. The number of piperidine rings is 1. The van der Waals surface area contributed by atoms with Crippen molar-refractivity contribution in [1.82, 2.24) is 4.90 Å². The van der Waals surface area contributed by atoms with Crippen LogP contribution in [0, 0.1) is 35.5 Å². The molecule has 18 heteroatoms. The van der Waals surface area contributed by atoms with E-state index in [4.69, 9.17) is 37.9 Å². The molecule has 0 aromatic carbocycles. The molecule has 7 aliphatic rings. The van der Waals surface area contributed by atoms with E-state index in [1.165, 1.54) is 7.11 Å². The number of nitrogens with zero attached hydrogens (tertiary/aromatic N) is 1. The fourth-order valence-corrected chi connectivity index (χ4v) is 12.1. The highest BCUT2D eigenvalue weighted by atomic mass is 16.7. The van der Waals surface area contributed by atoms with Crippen LogP contribution in [0.3, 0.4) is 0 Å². The number of epoxide rings is 3. The van der Waals surface area contributed by atoms with E-state index >= 15 is 0 Å². The fourth-order valence-electron chi connectivity index (χ4n) is 12.1. The van der Waals surface area contributed by atoms with E-state index in [0.717, 1.165) is 11.3 Å². The molecule has 0 spiro atoms. The molecule has 396 valence electrons. The van der Waals surface area contributed by atoms with Gasteiger partial charge in [-0.05, 0) is 101 Å². The summed E-state index contributed by atoms with van der Waals surface area (Å²) in [4.78, 5) is 72.4. The van der Waals surface area contributed by atoms with Crippen LogP contribution in [0.25, 0.3) is 0 Å². The lowest BCUT2D eigenvalue weighted by atomic mass is 9.78. The first kappa shape index (κ1) is 55.0. The lowest BCUT2D eigenvalue weighted by Crippen LogP contribution is -2.61. The van der Waals surface area contributed by atoms with Gasteiger partial charge in [0, 0.05) is 51.4 Å². The number of carbonyl (C=O) groups excluding carboxylic acids is 5. The number of rotatable bonds is 8. The van der Waals surface area contributed by atoms with Gasteiger partial charge < -0.3 is 63.2 Å². The number of aliphatic hydroxyl groups excluding tert-OH is 3. The third-order valence-corrected chi connectivity index (χ3v) is 16.9. The first-order chi connectivity index (χ1) is 33.2. The predicted octanol–water partition coefficient (Wildman–Crippen LogP) is 3.18. The summed E-state index contributed by atoms with van der Waals surface area (Å²) in [5.41, 5.74) is -0.629. The number of allylic oxidation sites excluding steroid dienone is 1. The quantitative estimate of drug-likeness (QED) is 0.118. The molecule has 1 aliphatic carbocycles. The highest BCUT2D eigenvalue weighted by Crippen LogP contribution is 2.54. The van der Waals surface area contributed by atoms with Gasteiger partial charge in [0.05, 0.1) is 43.7 Å². The number of fused-ring (bicyclic) bond motifs is 8. The minimum Gasteiger partial charge on any atom is -0.460 e. The smallest absolute Gasteiger partial charge is 0.329 e. The highest BCUT2D eigenvalue weighted by Gasteiger charge is 2.72. The van der Waals surface area contributed by atoms with E-state index in [1.807, 2.05) is 13.8 Å². The molecule has 6 heterocycles. The molecule has 1 amide bonds. The summed E-state index contributed by atoms with van der Waals surface area (Å²) in [5, 5.41) is 44.4. The Bertz CT molecular complexity index is 1910. The number of ether oxygens (including phenoxy) is 8. The molecular formula is C52H81NO17. The van der Waals surface area contributed by atoms with Gasteiger partial charge in [-0.15, -0.1) is 0 Å². The van der Waals surface area contributed by atoms with Crippen LogP contribution in [-0.4, -0.2) is 179 Å². The predicted molar refractivity (Wildman–Crippen MR) is 250 cm³/mol. The summed E-state index contributed by atoms with van der Waals surface area (Å²) in [5.74, 6) is -8.48. The molecule has 21 atom stereocenters. The van der Waals surface area contributed by atoms with E-state index in [0.29, 0.717) is 56.9 Å². The number of amides is 1. The van der Waals surface area contributed by atoms with Crippen molar-refractivity contribution in [1.29, 1.82) is 0 Å². The SMILES string of the molecule is CO[C@@H]1C[C@H](C[C@@H](C)[C@@H]2CC(=O)[C@H](C)/C=C(\C)[C@@H](O)[C@@H](OC)C(=O)[C@H](C)C[C@H](C)C3OC3C3OC3C3OC3(C)C(O)C[C@@H]3CC[C@@H](C)[C@@](O)(O3)C(=O)C(=O)N3CCCC[C@H]3C(=O)O2)CC[C@H]1OCCO. The van der Waals surface area contributed by atoms with Crippen LogP contribution in [0.2, 0.25) is 0 Å². The number of aliphatic hydroxyl groups is 4. The summed E-state index contributed by atoms with van der Waals surface area (Å²) in [6, 6.07) is -1.18. The molecule has 0 radical (unpaired) electrons. The number of cyclic esters (lactones) is 1. The van der Waals surface area contributed by atoms with Crippen LogP contribution in [0.1, 0.15) is 126 Å². The number of carbonyl (C=O) groups is 5. The normalized spacial score (nSPS) is 46.0. The minimum absolute atomic E-state index is 0.0131. The van der Waals surface area contributed by atoms with Gasteiger partial charge in [0.1, 0.15) is 60.2 Å². The van der Waals surface area contributed by atoms with Crippen LogP contribution >= 0.6 is 0 Å². The highest BCUT2D eigenvalue weighted by molar-refractivity contribution is 6.39. The molecule has 18 nitrogen and oxygen atoms in total. The molecule has 0 aromatic rings. The molecule has 5 saturated heterocycles. The number of hydrogen-bond acceptors (Lipinski definition) is 17. The van der Waals surface area contributed by atoms with Gasteiger partial charge in [0.25, 0.3) is 11.7 Å². The summed E-state index contributed by atoms with van der Waals surface area (Å²) in [6.07, 6.45) is -0.665. The van der Waals surface area contributed by atoms with E-state index < -0.39 is 89.5 Å². The summed E-state index contributed by atoms with van der Waals surface area (Å²) >= 11 is 0. The van der Waals surface area contributed by atoms with Gasteiger partial charge in [0.2, 0.25) is 5.79 Å². The van der Waals surface area contributed by atoms with E-state index in [-0.39, 0.29) is 105 Å². The zero-order valence-electron chi connectivity index (χ0n) is 42.7. The van der Waals surface area contributed by atoms with E-state index in [2.05, 4.69) is 0 Å². The monoisotopic (exact) mass is 992 g/mol. The van der Waals surface area contributed by atoms with Crippen LogP contribution < -0.4 is 0 Å². The number of esters is 1. The number of hydrogen-bond donors (Lipinski definition) is 4. The maximum absolute atomic E-state index is 14.5. The van der Waals surface area contributed by atoms with Gasteiger partial charge in [0.15, 0.2) is 5.78 Å². The molecule has 6 aliphatic heterocycles. The Morgan fingerprint density at radius 3 is 2.27 bits per heavy atom. The molecule has 0 aromatic heterocycles. The number of ketones is 3. The first-order valence-corrected chi connectivity index (χ1v) is 26.0. The van der Waals surface area contributed by atoms with Gasteiger partial charge in [-0.2, -0.15) is 0 Å². The second kappa shape index (κ2) is 22.8. The Labute approximate surface area is 412 Å². The second-order valence-corrected chi connectivity index (χ2v) is 22.1. The first-order valence-electron chi connectivity index (χ1n) is 26.0. The summed E-state index contributed by atoms with van der Waals surface area (Å²) in [6.45, 7) is 12.6. The molecule has 7 rings (SSSR count). The fraction of sp³-hybridized carbons (Fsp3) is 0.865. The lowest BCUT2D eigenvalue weighted by molar-refractivity contribution is -0.266. The molecule has 7 unspecified atom stereocenters. The molecule has 6 fully saturated rings. The Morgan fingerprint density at radius 2 is 1.57 bits per heavy atom. The largest absolute Gasteiger partial charge is 0.460 e. The Hall–Kier alpha value is -2.75. The molecule has 70 heavy (non-hydrogen) atoms. The van der Waals surface area contributed by atoms with Crippen LogP contribution in [0.5, 0.6) is 0 Å². The Balaban J connectivity index is 1.14. The second-order valence-electron chi connectivity index (χ2n) is 22.1. The molecule has 4 N–H and O–H groups in total. The molecule has 2 bridgehead atoms. The lowest BCUT2D eigenvalue weighted by Gasteiger charge is -2.42. The standard InChI is InChI=1S/C52H81NO17/c1-26-20-28(3)40(57)43(64-9)41(58)29(4)21-30(5)42-44(67-42)45-46(68-45)48-51(7,70-48)39(56)24-33-15-13-31(6)52(62,69-33)47(59)49(60)53-17-11-10-12-34(53)50(61)66-37(25-35(26)55)27(2)22-32-14-16-36(65-19-18-54)38(23-32)63-8/h20,26-27,29-34,36-40,42-46,48,54,56-57,62H,10-19,21-25H2,1-9H3/b28-20+/t26-,27-,29-,30+,31-,32+,33+,34+,36-,37+,38-,39?,40-,42?,43-,44?,45?,46?,48?,51?,52-/m1/s1. The zero-order chi connectivity index (χ0) is 51.0. The maximum Gasteiger partial charge on any atom is 0.329 e. The van der Waals surface area contributed by atoms with Crippen molar-refractivity contribution >= 4 is 29.2 Å². The van der Waals surface area contributed by atoms with Crippen molar-refractivity contribution in [3.8, 4) is 0 Å². The Kier molecular flexibility index (Phi) is 17.9. The average molecular weight is 992 g/mol. The average Bonchev–Trinajstić information content (AvgIpc) is 4.26. The van der Waals surface area contributed by atoms with E-state index in [9.17, 15) is 44.4 Å². The van der Waals surface area contributed by atoms with Crippen LogP contribution in [-0.2, 0) is 61.9 Å². The van der Waals surface area contributed by atoms with Gasteiger partial charge in [-0.1, -0.05) is 40.7 Å². The van der Waals surface area contributed by atoms with E-state index in [1.54, 1.807) is 47.8 Å². The van der Waals surface area contributed by atoms with Gasteiger partial charge in [-0.25, -0.2) is 4.79 Å². The zero-order valence-corrected chi connectivity index (χ0v) is 42.7. The van der Waals surface area contributed by atoms with Crippen molar-refractivity contribution in [2.24, 2.45) is 35.5 Å². The van der Waals surface area contributed by atoms with Crippen molar-refractivity contribution in [3.63, 3.8) is 0 Å². The third-order valence-electron chi connectivity index (χ3n) is 16.9. The summed E-state index contributed by atoms with van der Waals surface area (Å²) < 4.78 is 47.9. The van der Waals surface area contributed by atoms with Crippen molar-refractivity contribution in [2.75, 3.05) is 34.0 Å². The minimum atomic E-state index is -2.52.